The van der Waals surface area contributed by atoms with E-state index in [4.69, 9.17) is 9.47 Å². The quantitative estimate of drug-likeness (QED) is 0.534. The number of rotatable bonds is 9. The average molecular weight is 359 g/mol. The van der Waals surface area contributed by atoms with Gasteiger partial charge >= 0.3 is 5.97 Å². The molecule has 1 aromatic rings. The van der Waals surface area contributed by atoms with Gasteiger partial charge < -0.3 is 14.5 Å². The fraction of sp³-hybridized carbons (Fsp3) is 0.524. The summed E-state index contributed by atoms with van der Waals surface area (Å²) in [5.41, 5.74) is 7.73. The van der Waals surface area contributed by atoms with Gasteiger partial charge in [-0.05, 0) is 55.4 Å². The number of methoxy groups -OCH3 is 2. The highest BCUT2D eigenvalue weighted by molar-refractivity contribution is 5.80. The lowest BCUT2D eigenvalue weighted by atomic mass is 9.96. The van der Waals surface area contributed by atoms with Crippen molar-refractivity contribution in [1.29, 1.82) is 0 Å². The number of hydrogen-bond acceptors (Lipinski definition) is 4. The number of hydrogen-bond donors (Lipinski definition) is 1. The Morgan fingerprint density at radius 2 is 1.96 bits per heavy atom. The van der Waals surface area contributed by atoms with E-state index in [2.05, 4.69) is 18.8 Å². The smallest absolute Gasteiger partial charge is 0.305 e. The van der Waals surface area contributed by atoms with Crippen molar-refractivity contribution in [3.8, 4) is 5.88 Å². The molecule has 1 aliphatic rings. The molecule has 1 aliphatic carbocycles. The van der Waals surface area contributed by atoms with Crippen LogP contribution in [0.25, 0.3) is 0 Å². The van der Waals surface area contributed by atoms with Gasteiger partial charge in [-0.3, -0.25) is 9.59 Å². The van der Waals surface area contributed by atoms with Crippen LogP contribution < -0.4 is 4.74 Å². The standard InChI is InChI=1S/C21H29NO4/c1-6-7-18-14(3)21(26-5)22-19(18)11-15-10-16(12-23)13(2)17(15)8-9-20(24)25-4/h12,22H,6-11H2,1-5H3. The van der Waals surface area contributed by atoms with Gasteiger partial charge in [0, 0.05) is 24.1 Å². The Morgan fingerprint density at radius 1 is 1.23 bits per heavy atom. The number of esters is 1. The maximum Gasteiger partial charge on any atom is 0.305 e. The van der Waals surface area contributed by atoms with E-state index < -0.39 is 0 Å². The monoisotopic (exact) mass is 359 g/mol. The predicted octanol–water partition coefficient (Wildman–Crippen LogP) is 4.00. The maximum atomic E-state index is 11.6. The molecule has 0 aliphatic heterocycles. The third-order valence-corrected chi connectivity index (χ3v) is 5.23. The van der Waals surface area contributed by atoms with Crippen molar-refractivity contribution in [1.82, 2.24) is 4.98 Å². The molecule has 0 saturated heterocycles. The summed E-state index contributed by atoms with van der Waals surface area (Å²) in [6, 6.07) is 0. The van der Waals surface area contributed by atoms with Crippen LogP contribution in [0, 0.1) is 6.92 Å². The first-order valence-electron chi connectivity index (χ1n) is 9.14. The Hall–Kier alpha value is -2.30. The number of aldehydes is 1. The molecule has 0 bridgehead atoms. The van der Waals surface area contributed by atoms with E-state index in [1.165, 1.54) is 18.2 Å². The van der Waals surface area contributed by atoms with E-state index in [1.807, 2.05) is 6.92 Å². The second kappa shape index (κ2) is 8.88. The fourth-order valence-corrected chi connectivity index (χ4v) is 3.75. The van der Waals surface area contributed by atoms with Crippen LogP contribution >= 0.6 is 0 Å². The molecule has 0 saturated carbocycles. The molecule has 0 fully saturated rings. The molecule has 0 unspecified atom stereocenters. The largest absolute Gasteiger partial charge is 0.482 e. The Morgan fingerprint density at radius 3 is 2.54 bits per heavy atom. The highest BCUT2D eigenvalue weighted by atomic mass is 16.5. The molecule has 142 valence electrons. The second-order valence-electron chi connectivity index (χ2n) is 6.77. The molecule has 0 aromatic carbocycles. The second-order valence-corrected chi connectivity index (χ2v) is 6.77. The minimum atomic E-state index is -0.228. The number of H-pyrrole nitrogens is 1. The van der Waals surface area contributed by atoms with Crippen LogP contribution in [0.2, 0.25) is 0 Å². The van der Waals surface area contributed by atoms with E-state index in [-0.39, 0.29) is 5.97 Å². The molecule has 0 radical (unpaired) electrons. The van der Waals surface area contributed by atoms with Gasteiger partial charge in [0.1, 0.15) is 6.29 Å². The molecule has 1 heterocycles. The maximum absolute atomic E-state index is 11.6. The number of aromatic nitrogens is 1. The van der Waals surface area contributed by atoms with Crippen LogP contribution in [-0.4, -0.2) is 31.5 Å². The third kappa shape index (κ3) is 4.09. The molecule has 1 aromatic heterocycles. The van der Waals surface area contributed by atoms with Crippen molar-refractivity contribution in [2.75, 3.05) is 14.2 Å². The summed E-state index contributed by atoms with van der Waals surface area (Å²) in [4.78, 5) is 26.4. The number of carbonyl (C=O) groups is 2. The molecule has 26 heavy (non-hydrogen) atoms. The van der Waals surface area contributed by atoms with Crippen molar-refractivity contribution in [2.45, 2.75) is 59.3 Å². The van der Waals surface area contributed by atoms with E-state index >= 15 is 0 Å². The zero-order valence-electron chi connectivity index (χ0n) is 16.5. The zero-order valence-corrected chi connectivity index (χ0v) is 16.5. The number of ether oxygens (including phenoxy) is 2. The average Bonchev–Trinajstić information content (AvgIpc) is 3.10. The summed E-state index contributed by atoms with van der Waals surface area (Å²) in [7, 11) is 3.07. The minimum Gasteiger partial charge on any atom is -0.482 e. The van der Waals surface area contributed by atoms with Crippen molar-refractivity contribution in [2.24, 2.45) is 0 Å². The third-order valence-electron chi connectivity index (χ3n) is 5.23. The van der Waals surface area contributed by atoms with Crippen LogP contribution in [0.1, 0.15) is 56.4 Å². The Bertz CT molecular complexity index is 752. The number of allylic oxidation sites excluding steroid dienone is 4. The molecular weight excluding hydrogens is 330 g/mol. The lowest BCUT2D eigenvalue weighted by Crippen LogP contribution is -2.03. The molecule has 5 nitrogen and oxygen atoms in total. The predicted molar refractivity (Wildman–Crippen MR) is 101 cm³/mol. The summed E-state index contributed by atoms with van der Waals surface area (Å²) >= 11 is 0. The Labute approximate surface area is 155 Å². The molecule has 0 atom stereocenters. The molecule has 0 amide bonds. The van der Waals surface area contributed by atoms with Gasteiger partial charge in [0.2, 0.25) is 0 Å². The van der Waals surface area contributed by atoms with Crippen LogP contribution in [0.5, 0.6) is 5.88 Å². The topological polar surface area (TPSA) is 68.4 Å². The van der Waals surface area contributed by atoms with Crippen molar-refractivity contribution in [3.63, 3.8) is 0 Å². The lowest BCUT2D eigenvalue weighted by Gasteiger charge is -2.10. The van der Waals surface area contributed by atoms with Crippen LogP contribution in [0.15, 0.2) is 22.3 Å². The van der Waals surface area contributed by atoms with Crippen molar-refractivity contribution < 1.29 is 19.1 Å². The van der Waals surface area contributed by atoms with Gasteiger partial charge in [0.15, 0.2) is 5.88 Å². The van der Waals surface area contributed by atoms with Crippen LogP contribution in [-0.2, 0) is 27.2 Å². The Balaban J connectivity index is 2.34. The molecule has 0 spiro atoms. The highest BCUT2D eigenvalue weighted by Crippen LogP contribution is 2.37. The van der Waals surface area contributed by atoms with Crippen LogP contribution in [0.3, 0.4) is 0 Å². The fourth-order valence-electron chi connectivity index (χ4n) is 3.75. The normalized spacial score (nSPS) is 14.2. The summed E-state index contributed by atoms with van der Waals surface area (Å²) < 4.78 is 10.2. The van der Waals surface area contributed by atoms with E-state index in [9.17, 15) is 9.59 Å². The van der Waals surface area contributed by atoms with Gasteiger partial charge in [0.25, 0.3) is 0 Å². The zero-order chi connectivity index (χ0) is 19.3. The SMILES string of the molecule is CCCc1c(CC2=C(CCC(=O)OC)C(C)=C(C=O)C2)[nH]c(OC)c1C. The van der Waals surface area contributed by atoms with E-state index in [0.717, 1.165) is 59.4 Å². The lowest BCUT2D eigenvalue weighted by molar-refractivity contribution is -0.140. The number of carbonyl (C=O) groups excluding carboxylic acids is 2. The van der Waals surface area contributed by atoms with Gasteiger partial charge in [-0.1, -0.05) is 18.9 Å². The highest BCUT2D eigenvalue weighted by Gasteiger charge is 2.24. The Kier molecular flexibility index (Phi) is 6.83. The molecule has 2 rings (SSSR count). The van der Waals surface area contributed by atoms with Crippen molar-refractivity contribution in [3.05, 3.63) is 39.1 Å². The van der Waals surface area contributed by atoms with E-state index in [0.29, 0.717) is 19.3 Å². The van der Waals surface area contributed by atoms with E-state index in [1.54, 1.807) is 7.11 Å². The first-order chi connectivity index (χ1) is 12.5. The molecular formula is C21H29NO4. The first kappa shape index (κ1) is 20.0. The van der Waals surface area contributed by atoms with Gasteiger partial charge in [-0.15, -0.1) is 0 Å². The van der Waals surface area contributed by atoms with Gasteiger partial charge in [-0.2, -0.15) is 0 Å². The van der Waals surface area contributed by atoms with Gasteiger partial charge in [0.05, 0.1) is 14.2 Å². The first-order valence-corrected chi connectivity index (χ1v) is 9.14. The van der Waals surface area contributed by atoms with Crippen molar-refractivity contribution >= 4 is 12.3 Å². The molecule has 1 N–H and O–H groups in total. The summed E-state index contributed by atoms with van der Waals surface area (Å²) in [6.45, 7) is 6.21. The number of nitrogens with one attached hydrogen (secondary N) is 1. The number of aromatic amines is 1. The summed E-state index contributed by atoms with van der Waals surface area (Å²) in [5, 5.41) is 0. The minimum absolute atomic E-state index is 0.228. The van der Waals surface area contributed by atoms with Crippen LogP contribution in [0.4, 0.5) is 0 Å². The summed E-state index contributed by atoms with van der Waals surface area (Å²) in [6.07, 6.45) is 5.30. The van der Waals surface area contributed by atoms with Gasteiger partial charge in [-0.25, -0.2) is 0 Å². The molecule has 5 heteroatoms. The summed E-state index contributed by atoms with van der Waals surface area (Å²) in [5.74, 6) is 0.576.